The van der Waals surface area contributed by atoms with Crippen molar-refractivity contribution in [1.82, 2.24) is 15.2 Å². The van der Waals surface area contributed by atoms with Crippen molar-refractivity contribution < 1.29 is 9.53 Å². The van der Waals surface area contributed by atoms with Crippen LogP contribution in [0, 0.1) is 0 Å². The SMILES string of the molecule is CCSc1n[nH]c(NC(=O)/C=C/c2ccc(OCc3ccccc3)cc2)n1. The van der Waals surface area contributed by atoms with Gasteiger partial charge >= 0.3 is 0 Å². The van der Waals surface area contributed by atoms with Crippen molar-refractivity contribution in [3.63, 3.8) is 0 Å². The van der Waals surface area contributed by atoms with Gasteiger partial charge in [-0.1, -0.05) is 61.2 Å². The Morgan fingerprint density at radius 1 is 1.19 bits per heavy atom. The van der Waals surface area contributed by atoms with Crippen LogP contribution in [-0.4, -0.2) is 26.8 Å². The van der Waals surface area contributed by atoms with Gasteiger partial charge in [-0.3, -0.25) is 10.1 Å². The molecule has 138 valence electrons. The highest BCUT2D eigenvalue weighted by atomic mass is 32.2. The molecular formula is C20H20N4O2S. The van der Waals surface area contributed by atoms with Gasteiger partial charge in [0.15, 0.2) is 0 Å². The van der Waals surface area contributed by atoms with Crippen LogP contribution in [0.2, 0.25) is 0 Å². The fourth-order valence-electron chi connectivity index (χ4n) is 2.24. The Bertz CT molecular complexity index is 892. The van der Waals surface area contributed by atoms with Crippen LogP contribution in [0.1, 0.15) is 18.1 Å². The molecule has 2 aromatic carbocycles. The second kappa shape index (κ2) is 9.59. The number of ether oxygens (including phenoxy) is 1. The van der Waals surface area contributed by atoms with E-state index in [4.69, 9.17) is 4.74 Å². The number of aromatic nitrogens is 3. The van der Waals surface area contributed by atoms with Gasteiger partial charge in [0, 0.05) is 6.08 Å². The molecular weight excluding hydrogens is 360 g/mol. The zero-order chi connectivity index (χ0) is 18.9. The number of rotatable bonds is 8. The van der Waals surface area contributed by atoms with E-state index in [1.54, 1.807) is 6.08 Å². The summed E-state index contributed by atoms with van der Waals surface area (Å²) in [5, 5.41) is 9.95. The molecule has 6 nitrogen and oxygen atoms in total. The minimum atomic E-state index is -0.274. The minimum Gasteiger partial charge on any atom is -0.489 e. The number of hydrogen-bond acceptors (Lipinski definition) is 5. The van der Waals surface area contributed by atoms with Crippen LogP contribution < -0.4 is 10.1 Å². The zero-order valence-corrected chi connectivity index (χ0v) is 15.7. The van der Waals surface area contributed by atoms with Crippen LogP contribution in [-0.2, 0) is 11.4 Å². The molecule has 1 heterocycles. The number of thioether (sulfide) groups is 1. The molecule has 0 aliphatic heterocycles. The van der Waals surface area contributed by atoms with Gasteiger partial charge in [0.25, 0.3) is 5.91 Å². The first-order valence-electron chi connectivity index (χ1n) is 8.54. The minimum absolute atomic E-state index is 0.274. The number of nitrogens with one attached hydrogen (secondary N) is 2. The Morgan fingerprint density at radius 2 is 1.96 bits per heavy atom. The van der Waals surface area contributed by atoms with E-state index >= 15 is 0 Å². The third kappa shape index (κ3) is 6.00. The summed E-state index contributed by atoms with van der Waals surface area (Å²) in [5.74, 6) is 1.72. The summed E-state index contributed by atoms with van der Waals surface area (Å²) < 4.78 is 5.75. The average Bonchev–Trinajstić information content (AvgIpc) is 3.13. The summed E-state index contributed by atoms with van der Waals surface area (Å²) in [5.41, 5.74) is 2.02. The Hall–Kier alpha value is -3.06. The Morgan fingerprint density at radius 3 is 2.70 bits per heavy atom. The van der Waals surface area contributed by atoms with Crippen molar-refractivity contribution in [2.75, 3.05) is 11.1 Å². The Labute approximate surface area is 162 Å². The van der Waals surface area contributed by atoms with Gasteiger partial charge < -0.3 is 4.74 Å². The van der Waals surface area contributed by atoms with E-state index in [1.165, 1.54) is 17.8 Å². The van der Waals surface area contributed by atoms with Gasteiger partial charge in [-0.05, 0) is 35.1 Å². The molecule has 0 spiro atoms. The van der Waals surface area contributed by atoms with Gasteiger partial charge in [0.1, 0.15) is 12.4 Å². The first kappa shape index (κ1) is 18.7. The van der Waals surface area contributed by atoms with E-state index in [0.717, 1.165) is 22.6 Å². The molecule has 1 amide bonds. The highest BCUT2D eigenvalue weighted by Gasteiger charge is 2.04. The molecule has 0 fully saturated rings. The van der Waals surface area contributed by atoms with Crippen molar-refractivity contribution in [2.45, 2.75) is 18.7 Å². The van der Waals surface area contributed by atoms with E-state index in [0.29, 0.717) is 17.7 Å². The first-order chi connectivity index (χ1) is 13.2. The van der Waals surface area contributed by atoms with E-state index in [9.17, 15) is 4.79 Å². The predicted octanol–water partition coefficient (Wildman–Crippen LogP) is 4.15. The zero-order valence-electron chi connectivity index (χ0n) is 14.9. The number of carbonyl (C=O) groups is 1. The largest absolute Gasteiger partial charge is 0.489 e. The lowest BCUT2D eigenvalue weighted by atomic mass is 10.2. The summed E-state index contributed by atoms with van der Waals surface area (Å²) in [4.78, 5) is 16.1. The fourth-order valence-corrected chi connectivity index (χ4v) is 2.77. The molecule has 1 aromatic heterocycles. The summed E-state index contributed by atoms with van der Waals surface area (Å²) in [6.45, 7) is 2.54. The molecule has 0 aliphatic carbocycles. The first-order valence-corrected chi connectivity index (χ1v) is 9.52. The Kier molecular flexibility index (Phi) is 6.65. The maximum Gasteiger partial charge on any atom is 0.250 e. The molecule has 0 saturated heterocycles. The lowest BCUT2D eigenvalue weighted by molar-refractivity contribution is -0.111. The highest BCUT2D eigenvalue weighted by Crippen LogP contribution is 2.15. The fraction of sp³-hybridized carbons (Fsp3) is 0.150. The molecule has 27 heavy (non-hydrogen) atoms. The van der Waals surface area contributed by atoms with Crippen LogP contribution in [0.25, 0.3) is 6.08 Å². The number of amides is 1. The smallest absolute Gasteiger partial charge is 0.250 e. The molecule has 0 aliphatic rings. The normalized spacial score (nSPS) is 10.9. The lowest BCUT2D eigenvalue weighted by Crippen LogP contribution is -2.09. The van der Waals surface area contributed by atoms with Gasteiger partial charge in [0.2, 0.25) is 11.1 Å². The van der Waals surface area contributed by atoms with E-state index in [-0.39, 0.29) is 5.91 Å². The molecule has 3 rings (SSSR count). The van der Waals surface area contributed by atoms with Crippen LogP contribution in [0.4, 0.5) is 5.95 Å². The third-order valence-electron chi connectivity index (χ3n) is 3.54. The summed E-state index contributed by atoms with van der Waals surface area (Å²) >= 11 is 1.50. The molecule has 0 saturated carbocycles. The van der Waals surface area contributed by atoms with Gasteiger partial charge in [-0.25, -0.2) is 5.10 Å². The average molecular weight is 380 g/mol. The second-order valence-electron chi connectivity index (χ2n) is 5.57. The quantitative estimate of drug-likeness (QED) is 0.453. The van der Waals surface area contributed by atoms with Gasteiger partial charge in [-0.15, -0.1) is 5.10 Å². The van der Waals surface area contributed by atoms with E-state index < -0.39 is 0 Å². The van der Waals surface area contributed by atoms with Crippen molar-refractivity contribution in [1.29, 1.82) is 0 Å². The standard InChI is InChI=1S/C20H20N4O2S/c1-2-27-20-22-19(23-24-20)21-18(25)13-10-15-8-11-17(12-9-15)26-14-16-6-4-3-5-7-16/h3-13H,2,14H2,1H3,(H2,21,22,23,24,25)/b13-10+. The number of carbonyl (C=O) groups excluding carboxylic acids is 1. The second-order valence-corrected chi connectivity index (χ2v) is 6.80. The van der Waals surface area contributed by atoms with Crippen molar-refractivity contribution in [3.8, 4) is 5.75 Å². The van der Waals surface area contributed by atoms with Crippen molar-refractivity contribution in [3.05, 3.63) is 71.8 Å². The number of anilines is 1. The summed E-state index contributed by atoms with van der Waals surface area (Å²) in [6.07, 6.45) is 3.18. The topological polar surface area (TPSA) is 79.9 Å². The third-order valence-corrected chi connectivity index (χ3v) is 4.26. The predicted molar refractivity (Wildman–Crippen MR) is 108 cm³/mol. The molecule has 7 heteroatoms. The number of benzene rings is 2. The van der Waals surface area contributed by atoms with E-state index in [2.05, 4.69) is 20.5 Å². The van der Waals surface area contributed by atoms with Crippen molar-refractivity contribution >= 4 is 29.7 Å². The van der Waals surface area contributed by atoms with Crippen LogP contribution in [0.3, 0.4) is 0 Å². The maximum absolute atomic E-state index is 12.0. The highest BCUT2D eigenvalue weighted by molar-refractivity contribution is 7.99. The molecule has 3 aromatic rings. The van der Waals surface area contributed by atoms with Crippen LogP contribution >= 0.6 is 11.8 Å². The van der Waals surface area contributed by atoms with Crippen molar-refractivity contribution in [2.24, 2.45) is 0 Å². The molecule has 0 unspecified atom stereocenters. The molecule has 0 atom stereocenters. The lowest BCUT2D eigenvalue weighted by Gasteiger charge is -2.06. The van der Waals surface area contributed by atoms with Crippen LogP contribution in [0.15, 0.2) is 65.8 Å². The summed E-state index contributed by atoms with van der Waals surface area (Å²) in [7, 11) is 0. The number of hydrogen-bond donors (Lipinski definition) is 2. The molecule has 2 N–H and O–H groups in total. The molecule has 0 bridgehead atoms. The van der Waals surface area contributed by atoms with Gasteiger partial charge in [0.05, 0.1) is 0 Å². The van der Waals surface area contributed by atoms with Crippen LogP contribution in [0.5, 0.6) is 5.75 Å². The monoisotopic (exact) mass is 380 g/mol. The number of H-pyrrole nitrogens is 1. The van der Waals surface area contributed by atoms with E-state index in [1.807, 2.05) is 61.5 Å². The number of aromatic amines is 1. The molecule has 0 radical (unpaired) electrons. The van der Waals surface area contributed by atoms with Gasteiger partial charge in [-0.2, -0.15) is 4.98 Å². The summed E-state index contributed by atoms with van der Waals surface area (Å²) in [6, 6.07) is 17.5. The maximum atomic E-state index is 12.0. The number of nitrogens with zero attached hydrogens (tertiary/aromatic N) is 2. The Balaban J connectivity index is 1.50.